The molecule has 1 heterocycles. The van der Waals surface area contributed by atoms with Crippen LogP contribution in [0.2, 0.25) is 0 Å². The van der Waals surface area contributed by atoms with Crippen LogP contribution in [0.4, 0.5) is 10.5 Å². The Balaban J connectivity index is 0.00000280. The molecule has 0 bridgehead atoms. The van der Waals surface area contributed by atoms with Gasteiger partial charge in [0.25, 0.3) is 11.8 Å². The van der Waals surface area contributed by atoms with Gasteiger partial charge in [-0.1, -0.05) is 6.07 Å². The van der Waals surface area contributed by atoms with Gasteiger partial charge in [-0.2, -0.15) is 0 Å². The first-order valence-electron chi connectivity index (χ1n) is 8.07. The average molecular weight is 386 g/mol. The summed E-state index contributed by atoms with van der Waals surface area (Å²) in [6, 6.07) is 9.25. The van der Waals surface area contributed by atoms with Crippen LogP contribution >= 0.6 is 0 Å². The molecule has 5 N–H and O–H groups in total. The molecule has 0 aliphatic carbocycles. The van der Waals surface area contributed by atoms with E-state index >= 15 is 0 Å². The summed E-state index contributed by atoms with van der Waals surface area (Å²) in [5.41, 5.74) is 0.297. The van der Waals surface area contributed by atoms with Gasteiger partial charge in [0.2, 0.25) is 0 Å². The maximum atomic E-state index is 12.7. The molecule has 2 aromatic carbocycles. The molecule has 4 amide bonds. The van der Waals surface area contributed by atoms with Crippen LogP contribution in [0, 0.1) is 0 Å². The van der Waals surface area contributed by atoms with E-state index in [4.69, 9.17) is 4.74 Å². The highest BCUT2D eigenvalue weighted by molar-refractivity contribution is 6.39. The Morgan fingerprint density at radius 3 is 2.32 bits per heavy atom. The van der Waals surface area contributed by atoms with Crippen molar-refractivity contribution >= 4 is 29.6 Å². The fourth-order valence-corrected chi connectivity index (χ4v) is 2.55. The Morgan fingerprint density at radius 2 is 1.71 bits per heavy atom. The summed E-state index contributed by atoms with van der Waals surface area (Å²) in [4.78, 5) is 37.9. The molecule has 0 saturated carbocycles. The van der Waals surface area contributed by atoms with E-state index in [1.54, 1.807) is 12.1 Å². The third-order valence-electron chi connectivity index (χ3n) is 3.82. The van der Waals surface area contributed by atoms with Crippen molar-refractivity contribution in [1.82, 2.24) is 5.32 Å². The number of carbonyl (C=O) groups is 3. The molecule has 1 aliphatic heterocycles. The van der Waals surface area contributed by atoms with Gasteiger partial charge < -0.3 is 20.4 Å². The van der Waals surface area contributed by atoms with Crippen molar-refractivity contribution in [3.8, 4) is 17.2 Å². The quantitative estimate of drug-likeness (QED) is 0.410. The molecule has 0 aromatic heterocycles. The Bertz CT molecular complexity index is 951. The molecular formula is C19H18N2O7. The number of aromatic hydroxyl groups is 2. The van der Waals surface area contributed by atoms with Crippen LogP contribution in [0.15, 0.2) is 48.0 Å². The number of amides is 4. The third-order valence-corrected chi connectivity index (χ3v) is 3.82. The number of anilines is 1. The van der Waals surface area contributed by atoms with Crippen LogP contribution < -0.4 is 15.0 Å². The summed E-state index contributed by atoms with van der Waals surface area (Å²) in [6.45, 7) is 2.31. The predicted molar refractivity (Wildman–Crippen MR) is 100.0 cm³/mol. The summed E-state index contributed by atoms with van der Waals surface area (Å²) in [6.07, 6.45) is 1.23. The first-order valence-corrected chi connectivity index (χ1v) is 8.07. The first kappa shape index (κ1) is 20.5. The molecule has 0 atom stereocenters. The monoisotopic (exact) mass is 386 g/mol. The van der Waals surface area contributed by atoms with Gasteiger partial charge >= 0.3 is 6.03 Å². The molecule has 1 aliphatic rings. The normalized spacial score (nSPS) is 15.2. The highest BCUT2D eigenvalue weighted by Crippen LogP contribution is 2.28. The molecule has 2 aromatic rings. The van der Waals surface area contributed by atoms with E-state index in [1.165, 1.54) is 36.4 Å². The Morgan fingerprint density at radius 1 is 1.04 bits per heavy atom. The van der Waals surface area contributed by atoms with E-state index in [-0.39, 0.29) is 22.5 Å². The number of hydrogen-bond donors (Lipinski definition) is 3. The summed E-state index contributed by atoms with van der Waals surface area (Å²) in [5, 5.41) is 21.0. The van der Waals surface area contributed by atoms with Crippen LogP contribution in [0.25, 0.3) is 6.08 Å². The maximum absolute atomic E-state index is 12.7. The molecule has 9 nitrogen and oxygen atoms in total. The zero-order valence-electron chi connectivity index (χ0n) is 14.8. The minimum absolute atomic E-state index is 0. The van der Waals surface area contributed by atoms with Gasteiger partial charge in [0.1, 0.15) is 11.3 Å². The Labute approximate surface area is 159 Å². The van der Waals surface area contributed by atoms with Gasteiger partial charge in [-0.3, -0.25) is 14.9 Å². The van der Waals surface area contributed by atoms with E-state index in [2.05, 4.69) is 5.32 Å². The summed E-state index contributed by atoms with van der Waals surface area (Å²) >= 11 is 0. The molecule has 1 saturated heterocycles. The van der Waals surface area contributed by atoms with E-state index < -0.39 is 23.6 Å². The molecular weight excluding hydrogens is 368 g/mol. The number of imide groups is 2. The van der Waals surface area contributed by atoms with Crippen LogP contribution in [0.3, 0.4) is 0 Å². The third kappa shape index (κ3) is 3.94. The number of benzene rings is 2. The molecule has 0 spiro atoms. The number of nitrogens with zero attached hydrogens (tertiary/aromatic N) is 1. The molecule has 28 heavy (non-hydrogen) atoms. The maximum Gasteiger partial charge on any atom is 0.335 e. The van der Waals surface area contributed by atoms with Crippen molar-refractivity contribution in [1.29, 1.82) is 0 Å². The zero-order valence-corrected chi connectivity index (χ0v) is 14.8. The van der Waals surface area contributed by atoms with Gasteiger partial charge in [-0.05, 0) is 55.0 Å². The minimum Gasteiger partial charge on any atom is -0.504 e. The van der Waals surface area contributed by atoms with Crippen molar-refractivity contribution < 1.29 is 34.8 Å². The zero-order chi connectivity index (χ0) is 19.6. The summed E-state index contributed by atoms with van der Waals surface area (Å²) in [7, 11) is 0. The average Bonchev–Trinajstić information content (AvgIpc) is 2.63. The number of hydrogen-bond acceptors (Lipinski definition) is 6. The van der Waals surface area contributed by atoms with Gasteiger partial charge in [-0.25, -0.2) is 9.69 Å². The number of carbonyl (C=O) groups excluding carboxylic acids is 3. The number of rotatable bonds is 4. The van der Waals surface area contributed by atoms with Crippen LogP contribution in [-0.2, 0) is 9.59 Å². The topological polar surface area (TPSA) is 148 Å². The second kappa shape index (κ2) is 8.23. The number of barbiturate groups is 1. The van der Waals surface area contributed by atoms with Crippen molar-refractivity contribution in [3.63, 3.8) is 0 Å². The lowest BCUT2D eigenvalue weighted by Gasteiger charge is -2.26. The minimum atomic E-state index is -0.861. The number of phenols is 2. The highest BCUT2D eigenvalue weighted by Gasteiger charge is 2.36. The Kier molecular flexibility index (Phi) is 6.01. The SMILES string of the molecule is CCOc1ccc(N2C(=O)NC(=O)/C(=C/c3ccc(O)c(O)c3)C2=O)cc1.O. The number of nitrogens with one attached hydrogen (secondary N) is 1. The fourth-order valence-electron chi connectivity index (χ4n) is 2.55. The highest BCUT2D eigenvalue weighted by atomic mass is 16.5. The lowest BCUT2D eigenvalue weighted by molar-refractivity contribution is -0.122. The van der Waals surface area contributed by atoms with Gasteiger partial charge in [0, 0.05) is 0 Å². The van der Waals surface area contributed by atoms with Crippen molar-refractivity contribution in [2.75, 3.05) is 11.5 Å². The van der Waals surface area contributed by atoms with Gasteiger partial charge in [0.05, 0.1) is 12.3 Å². The molecule has 9 heteroatoms. The van der Waals surface area contributed by atoms with E-state index in [0.717, 1.165) is 4.90 Å². The smallest absolute Gasteiger partial charge is 0.335 e. The molecule has 0 radical (unpaired) electrons. The fraction of sp³-hybridized carbons (Fsp3) is 0.105. The van der Waals surface area contributed by atoms with Gasteiger partial charge in [0.15, 0.2) is 11.5 Å². The summed E-state index contributed by atoms with van der Waals surface area (Å²) < 4.78 is 5.33. The van der Waals surface area contributed by atoms with E-state index in [1.807, 2.05) is 6.92 Å². The second-order valence-electron chi connectivity index (χ2n) is 5.63. The lowest BCUT2D eigenvalue weighted by atomic mass is 10.1. The first-order chi connectivity index (χ1) is 12.9. The number of urea groups is 1. The molecule has 1 fully saturated rings. The van der Waals surface area contributed by atoms with Crippen molar-refractivity contribution in [3.05, 3.63) is 53.6 Å². The largest absolute Gasteiger partial charge is 0.504 e. The van der Waals surface area contributed by atoms with Crippen molar-refractivity contribution in [2.45, 2.75) is 6.92 Å². The number of phenolic OH excluding ortho intramolecular Hbond substituents is 2. The predicted octanol–water partition coefficient (Wildman–Crippen LogP) is 1.34. The van der Waals surface area contributed by atoms with E-state index in [0.29, 0.717) is 17.9 Å². The lowest BCUT2D eigenvalue weighted by Crippen LogP contribution is -2.54. The van der Waals surface area contributed by atoms with E-state index in [9.17, 15) is 24.6 Å². The van der Waals surface area contributed by atoms with Crippen LogP contribution in [0.5, 0.6) is 17.2 Å². The Hall–Kier alpha value is -3.85. The molecule has 0 unspecified atom stereocenters. The van der Waals surface area contributed by atoms with Crippen LogP contribution in [-0.4, -0.2) is 40.1 Å². The number of ether oxygens (including phenoxy) is 1. The van der Waals surface area contributed by atoms with Gasteiger partial charge in [-0.15, -0.1) is 0 Å². The standard InChI is InChI=1S/C19H16N2O6.H2O/c1-2-27-13-6-4-12(5-7-13)21-18(25)14(17(24)20-19(21)26)9-11-3-8-15(22)16(23)10-11;/h3-10,22-23H,2H2,1H3,(H,20,24,26);1H2/b14-9-;. The van der Waals surface area contributed by atoms with Crippen molar-refractivity contribution in [2.24, 2.45) is 0 Å². The molecule has 3 rings (SSSR count). The summed E-state index contributed by atoms with van der Waals surface area (Å²) in [5.74, 6) is -1.80. The second-order valence-corrected chi connectivity index (χ2v) is 5.63. The van der Waals surface area contributed by atoms with Crippen LogP contribution in [0.1, 0.15) is 12.5 Å². The molecule has 146 valence electrons.